The summed E-state index contributed by atoms with van der Waals surface area (Å²) >= 11 is 1.26. The Balaban J connectivity index is 1.77. The summed E-state index contributed by atoms with van der Waals surface area (Å²) in [6, 6.07) is 11.3. The first-order chi connectivity index (χ1) is 12.5. The predicted molar refractivity (Wildman–Crippen MR) is 101 cm³/mol. The van der Waals surface area contributed by atoms with Gasteiger partial charge in [-0.3, -0.25) is 4.79 Å². The summed E-state index contributed by atoms with van der Waals surface area (Å²) < 4.78 is 19.8. The lowest BCUT2D eigenvalue weighted by molar-refractivity contribution is 0.0505. The monoisotopic (exact) mass is 371 g/mol. The molecular formula is C20H18FNO3S. The van der Waals surface area contributed by atoms with Gasteiger partial charge >= 0.3 is 5.97 Å². The number of fused-ring (bicyclic) bond motifs is 1. The minimum atomic E-state index is -0.388. The number of thiophene rings is 1. The smallest absolute Gasteiger partial charge is 0.338 e. The van der Waals surface area contributed by atoms with Crippen molar-refractivity contribution in [1.82, 2.24) is 0 Å². The Hall–Kier alpha value is -2.73. The van der Waals surface area contributed by atoms with E-state index in [0.717, 1.165) is 11.1 Å². The van der Waals surface area contributed by atoms with Gasteiger partial charge in [0.2, 0.25) is 0 Å². The quantitative estimate of drug-likeness (QED) is 0.630. The molecule has 0 fully saturated rings. The van der Waals surface area contributed by atoms with Gasteiger partial charge in [-0.1, -0.05) is 13.0 Å². The summed E-state index contributed by atoms with van der Waals surface area (Å²) in [5.74, 6) is -1.02. The van der Waals surface area contributed by atoms with Crippen LogP contribution in [-0.2, 0) is 4.74 Å². The lowest BCUT2D eigenvalue weighted by Crippen LogP contribution is -2.12. The molecule has 134 valence electrons. The van der Waals surface area contributed by atoms with Crippen LogP contribution in [-0.4, -0.2) is 18.5 Å². The van der Waals surface area contributed by atoms with Crippen LogP contribution in [0.2, 0.25) is 0 Å². The molecule has 6 heteroatoms. The van der Waals surface area contributed by atoms with E-state index in [-0.39, 0.29) is 17.7 Å². The van der Waals surface area contributed by atoms with E-state index in [0.29, 0.717) is 33.7 Å². The van der Waals surface area contributed by atoms with E-state index >= 15 is 0 Å². The second kappa shape index (κ2) is 7.66. The van der Waals surface area contributed by atoms with Gasteiger partial charge in [0, 0.05) is 15.8 Å². The van der Waals surface area contributed by atoms with Crippen molar-refractivity contribution in [3.8, 4) is 0 Å². The summed E-state index contributed by atoms with van der Waals surface area (Å²) in [4.78, 5) is 24.8. The van der Waals surface area contributed by atoms with E-state index in [9.17, 15) is 14.0 Å². The van der Waals surface area contributed by atoms with Crippen LogP contribution >= 0.6 is 11.3 Å². The molecule has 4 nitrogen and oxygen atoms in total. The van der Waals surface area contributed by atoms with Crippen LogP contribution in [0.3, 0.4) is 0 Å². The van der Waals surface area contributed by atoms with Crippen molar-refractivity contribution < 1.29 is 18.7 Å². The van der Waals surface area contributed by atoms with Crippen LogP contribution in [0.25, 0.3) is 10.1 Å². The SMILES string of the molecule is CCCOC(=O)c1ccc(NC(=O)c2sc3cccc(F)c3c2C)cc1. The van der Waals surface area contributed by atoms with Gasteiger partial charge in [-0.2, -0.15) is 0 Å². The van der Waals surface area contributed by atoms with Gasteiger partial charge in [0.1, 0.15) is 5.82 Å². The molecule has 0 saturated heterocycles. The van der Waals surface area contributed by atoms with E-state index in [4.69, 9.17) is 4.74 Å². The molecule has 0 atom stereocenters. The lowest BCUT2D eigenvalue weighted by atomic mass is 10.1. The molecular weight excluding hydrogens is 353 g/mol. The average Bonchev–Trinajstić information content (AvgIpc) is 2.98. The Bertz CT molecular complexity index is 963. The number of nitrogens with one attached hydrogen (secondary N) is 1. The van der Waals surface area contributed by atoms with Crippen molar-refractivity contribution in [3.63, 3.8) is 0 Å². The van der Waals surface area contributed by atoms with Crippen molar-refractivity contribution in [2.45, 2.75) is 20.3 Å². The fraction of sp³-hybridized carbons (Fsp3) is 0.200. The highest BCUT2D eigenvalue weighted by Gasteiger charge is 2.18. The van der Waals surface area contributed by atoms with E-state index < -0.39 is 0 Å². The molecule has 0 aliphatic rings. The molecule has 0 aliphatic heterocycles. The number of amides is 1. The number of carbonyl (C=O) groups is 2. The first-order valence-electron chi connectivity index (χ1n) is 8.27. The normalized spacial score (nSPS) is 10.7. The van der Waals surface area contributed by atoms with Crippen molar-refractivity contribution in [1.29, 1.82) is 0 Å². The molecule has 0 saturated carbocycles. The molecule has 1 amide bonds. The number of benzene rings is 2. The zero-order chi connectivity index (χ0) is 18.7. The summed E-state index contributed by atoms with van der Waals surface area (Å²) in [5.41, 5.74) is 1.61. The summed E-state index contributed by atoms with van der Waals surface area (Å²) in [5, 5.41) is 3.27. The standard InChI is InChI=1S/C20H18FNO3S/c1-3-11-25-20(24)13-7-9-14(10-8-13)22-19(23)18-12(2)17-15(21)5-4-6-16(17)26-18/h4-10H,3,11H2,1-2H3,(H,22,23). The molecule has 0 bridgehead atoms. The number of aryl methyl sites for hydroxylation is 1. The Morgan fingerprint density at radius 1 is 1.15 bits per heavy atom. The number of anilines is 1. The third kappa shape index (κ3) is 3.60. The minimum Gasteiger partial charge on any atom is -0.462 e. The summed E-state index contributed by atoms with van der Waals surface area (Å²) in [6.45, 7) is 4.04. The molecule has 0 radical (unpaired) electrons. The maximum absolute atomic E-state index is 14.0. The molecule has 3 aromatic rings. The molecule has 2 aromatic carbocycles. The fourth-order valence-corrected chi connectivity index (χ4v) is 3.74. The van der Waals surface area contributed by atoms with Crippen LogP contribution in [0.15, 0.2) is 42.5 Å². The van der Waals surface area contributed by atoms with Gasteiger partial charge in [-0.15, -0.1) is 11.3 Å². The minimum absolute atomic E-state index is 0.301. The predicted octanol–water partition coefficient (Wildman–Crippen LogP) is 5.17. The highest BCUT2D eigenvalue weighted by molar-refractivity contribution is 7.21. The second-order valence-electron chi connectivity index (χ2n) is 5.84. The molecule has 1 aromatic heterocycles. The van der Waals surface area contributed by atoms with Crippen LogP contribution in [0.4, 0.5) is 10.1 Å². The number of rotatable bonds is 5. The van der Waals surface area contributed by atoms with Crippen molar-refractivity contribution in [3.05, 3.63) is 64.3 Å². The molecule has 26 heavy (non-hydrogen) atoms. The van der Waals surface area contributed by atoms with Gasteiger partial charge in [-0.25, -0.2) is 9.18 Å². The highest BCUT2D eigenvalue weighted by atomic mass is 32.1. The number of hydrogen-bond acceptors (Lipinski definition) is 4. The third-order valence-corrected chi connectivity index (χ3v) is 5.18. The molecule has 1 heterocycles. The third-order valence-electron chi connectivity index (χ3n) is 3.92. The van der Waals surface area contributed by atoms with E-state index in [1.807, 2.05) is 6.92 Å². The van der Waals surface area contributed by atoms with Crippen molar-refractivity contribution >= 4 is 39.0 Å². The zero-order valence-electron chi connectivity index (χ0n) is 14.5. The molecule has 1 N–H and O–H groups in total. The number of ether oxygens (including phenoxy) is 1. The van der Waals surface area contributed by atoms with Gasteiger partial charge < -0.3 is 10.1 Å². The van der Waals surface area contributed by atoms with Crippen LogP contribution in [0.1, 0.15) is 38.9 Å². The van der Waals surface area contributed by atoms with E-state index in [1.165, 1.54) is 17.4 Å². The lowest BCUT2D eigenvalue weighted by Gasteiger charge is -2.06. The van der Waals surface area contributed by atoms with Crippen molar-refractivity contribution in [2.24, 2.45) is 0 Å². The number of esters is 1. The summed E-state index contributed by atoms with van der Waals surface area (Å²) in [7, 11) is 0. The molecule has 3 rings (SSSR count). The van der Waals surface area contributed by atoms with Gasteiger partial charge in [0.15, 0.2) is 0 Å². The summed E-state index contributed by atoms with van der Waals surface area (Å²) in [6.07, 6.45) is 0.759. The molecule has 0 aliphatic carbocycles. The molecule has 0 spiro atoms. The van der Waals surface area contributed by atoms with Crippen LogP contribution < -0.4 is 5.32 Å². The first kappa shape index (κ1) is 18.1. The van der Waals surface area contributed by atoms with Crippen molar-refractivity contribution in [2.75, 3.05) is 11.9 Å². The zero-order valence-corrected chi connectivity index (χ0v) is 15.3. The van der Waals surface area contributed by atoms with E-state index in [2.05, 4.69) is 5.32 Å². The Labute approximate surface area is 154 Å². The van der Waals surface area contributed by atoms with Crippen LogP contribution in [0.5, 0.6) is 0 Å². The number of carbonyl (C=O) groups excluding carboxylic acids is 2. The van der Waals surface area contributed by atoms with Gasteiger partial charge in [0.25, 0.3) is 5.91 Å². The first-order valence-corrected chi connectivity index (χ1v) is 9.09. The van der Waals surface area contributed by atoms with Gasteiger partial charge in [-0.05, 0) is 55.3 Å². The second-order valence-corrected chi connectivity index (χ2v) is 6.89. The Morgan fingerprint density at radius 2 is 1.88 bits per heavy atom. The molecule has 0 unspecified atom stereocenters. The fourth-order valence-electron chi connectivity index (χ4n) is 2.63. The Kier molecular flexibility index (Phi) is 5.32. The largest absolute Gasteiger partial charge is 0.462 e. The maximum Gasteiger partial charge on any atom is 0.338 e. The number of hydrogen-bond donors (Lipinski definition) is 1. The number of halogens is 1. The topological polar surface area (TPSA) is 55.4 Å². The van der Waals surface area contributed by atoms with Crippen LogP contribution in [0, 0.1) is 12.7 Å². The Morgan fingerprint density at radius 3 is 2.54 bits per heavy atom. The average molecular weight is 371 g/mol. The maximum atomic E-state index is 14.0. The van der Waals surface area contributed by atoms with Gasteiger partial charge in [0.05, 0.1) is 17.0 Å². The van der Waals surface area contributed by atoms with E-state index in [1.54, 1.807) is 43.3 Å². The highest BCUT2D eigenvalue weighted by Crippen LogP contribution is 2.33.